The van der Waals surface area contributed by atoms with E-state index in [1.807, 2.05) is 49.4 Å². The lowest BCUT2D eigenvalue weighted by Crippen LogP contribution is -2.53. The van der Waals surface area contributed by atoms with Crippen molar-refractivity contribution in [3.63, 3.8) is 0 Å². The third-order valence-electron chi connectivity index (χ3n) is 7.57. The predicted octanol–water partition coefficient (Wildman–Crippen LogP) is 4.74. The van der Waals surface area contributed by atoms with Crippen LogP contribution in [0.3, 0.4) is 0 Å². The zero-order chi connectivity index (χ0) is 29.0. The first-order chi connectivity index (χ1) is 19.8. The highest BCUT2D eigenvalue weighted by atomic mass is 32.2. The van der Waals surface area contributed by atoms with Gasteiger partial charge in [0, 0.05) is 47.7 Å². The van der Waals surface area contributed by atoms with Crippen LogP contribution >= 0.6 is 0 Å². The number of nitrogens with one attached hydrogen (secondary N) is 2. The van der Waals surface area contributed by atoms with Gasteiger partial charge in [-0.05, 0) is 42.7 Å². The molecule has 0 aromatic heterocycles. The fourth-order valence-corrected chi connectivity index (χ4v) is 6.95. The highest BCUT2D eigenvalue weighted by molar-refractivity contribution is 7.89. The van der Waals surface area contributed by atoms with Gasteiger partial charge in [-0.25, -0.2) is 13.1 Å². The molecule has 0 aliphatic carbocycles. The van der Waals surface area contributed by atoms with Crippen LogP contribution in [0.25, 0.3) is 10.8 Å². The Kier molecular flexibility index (Phi) is 8.49. The molecule has 1 aliphatic heterocycles. The largest absolute Gasteiger partial charge is 0.469 e. The number of esters is 1. The van der Waals surface area contributed by atoms with Crippen molar-refractivity contribution in [2.24, 2.45) is 5.92 Å². The molecule has 0 spiro atoms. The number of methoxy groups -OCH3 is 1. The van der Waals surface area contributed by atoms with Crippen LogP contribution in [0.2, 0.25) is 0 Å². The van der Waals surface area contributed by atoms with E-state index in [-0.39, 0.29) is 10.8 Å². The summed E-state index contributed by atoms with van der Waals surface area (Å²) in [7, 11) is -2.71. The monoisotopic (exact) mass is 571 g/mol. The summed E-state index contributed by atoms with van der Waals surface area (Å²) < 4.78 is 35.4. The molecule has 41 heavy (non-hydrogen) atoms. The lowest BCUT2D eigenvalue weighted by atomic mass is 9.92. The smallest absolute Gasteiger partial charge is 0.311 e. The third-order valence-corrected chi connectivity index (χ3v) is 9.12. The van der Waals surface area contributed by atoms with Gasteiger partial charge in [0.25, 0.3) is 5.91 Å². The van der Waals surface area contributed by atoms with Gasteiger partial charge in [0.1, 0.15) is 0 Å². The highest BCUT2D eigenvalue weighted by Crippen LogP contribution is 2.31. The first kappa shape index (κ1) is 28.5. The lowest BCUT2D eigenvalue weighted by Gasteiger charge is -2.37. The fraction of sp³-hybridized carbons (Fsp3) is 0.250. The van der Waals surface area contributed by atoms with E-state index in [1.54, 1.807) is 42.5 Å². The van der Waals surface area contributed by atoms with Crippen molar-refractivity contribution in [3.05, 3.63) is 108 Å². The average Bonchev–Trinajstić information content (AvgIpc) is 2.98. The standard InChI is InChI=1S/C32H33N3O5S/c1-22-10-6-7-13-24(22)31(36)33-28-16-17-30(26-15-9-8-14-25(26)28)41(38,39)34-29-18-19-35(21-27(29)32(37)40-2)20-23-11-4-3-5-12-23/h3-17,27,29,34H,18-21H2,1-2H3,(H,33,36)/t27-,29-/m0/s1. The number of anilines is 1. The maximum atomic E-state index is 13.8. The van der Waals surface area contributed by atoms with Crippen molar-refractivity contribution in [1.29, 1.82) is 0 Å². The predicted molar refractivity (Wildman–Crippen MR) is 159 cm³/mol. The van der Waals surface area contributed by atoms with E-state index >= 15 is 0 Å². The van der Waals surface area contributed by atoms with Crippen molar-refractivity contribution in [3.8, 4) is 0 Å². The Morgan fingerprint density at radius 1 is 0.902 bits per heavy atom. The van der Waals surface area contributed by atoms with Gasteiger partial charge in [-0.2, -0.15) is 0 Å². The molecule has 0 saturated carbocycles. The van der Waals surface area contributed by atoms with Crippen LogP contribution in [0.1, 0.15) is 27.9 Å². The van der Waals surface area contributed by atoms with E-state index in [0.29, 0.717) is 48.1 Å². The second-order valence-electron chi connectivity index (χ2n) is 10.3. The van der Waals surface area contributed by atoms with Crippen LogP contribution in [0.15, 0.2) is 95.9 Å². The van der Waals surface area contributed by atoms with E-state index < -0.39 is 28.0 Å². The molecule has 4 aromatic carbocycles. The number of amides is 1. The van der Waals surface area contributed by atoms with Gasteiger partial charge in [0.05, 0.1) is 17.9 Å². The lowest BCUT2D eigenvalue weighted by molar-refractivity contribution is -0.148. The van der Waals surface area contributed by atoms with Gasteiger partial charge in [-0.3, -0.25) is 14.5 Å². The second-order valence-corrected chi connectivity index (χ2v) is 12.0. The number of hydrogen-bond donors (Lipinski definition) is 2. The molecule has 1 fully saturated rings. The molecule has 1 amide bonds. The first-order valence-electron chi connectivity index (χ1n) is 13.5. The van der Waals surface area contributed by atoms with Crippen molar-refractivity contribution in [1.82, 2.24) is 9.62 Å². The number of fused-ring (bicyclic) bond motifs is 1. The molecular formula is C32H33N3O5S. The summed E-state index contributed by atoms with van der Waals surface area (Å²) >= 11 is 0. The number of carbonyl (C=O) groups is 2. The Morgan fingerprint density at radius 2 is 1.59 bits per heavy atom. The zero-order valence-electron chi connectivity index (χ0n) is 23.0. The normalized spacial score (nSPS) is 17.7. The molecule has 1 heterocycles. The minimum atomic E-state index is -4.03. The van der Waals surface area contributed by atoms with Gasteiger partial charge in [-0.1, -0.05) is 72.8 Å². The van der Waals surface area contributed by atoms with Crippen molar-refractivity contribution in [2.45, 2.75) is 30.8 Å². The van der Waals surface area contributed by atoms with Crippen LogP contribution < -0.4 is 10.0 Å². The van der Waals surface area contributed by atoms with Gasteiger partial charge in [0.2, 0.25) is 10.0 Å². The van der Waals surface area contributed by atoms with E-state index in [4.69, 9.17) is 4.74 Å². The molecule has 4 aromatic rings. The molecule has 1 aliphatic rings. The van der Waals surface area contributed by atoms with Crippen molar-refractivity contribution < 1.29 is 22.7 Å². The number of hydrogen-bond acceptors (Lipinski definition) is 6. The Labute approximate surface area is 240 Å². The van der Waals surface area contributed by atoms with Gasteiger partial charge >= 0.3 is 5.97 Å². The van der Waals surface area contributed by atoms with Crippen LogP contribution in [0.5, 0.6) is 0 Å². The zero-order valence-corrected chi connectivity index (χ0v) is 23.9. The number of sulfonamides is 1. The number of aryl methyl sites for hydroxylation is 1. The number of piperidine rings is 1. The molecular weight excluding hydrogens is 538 g/mol. The summed E-state index contributed by atoms with van der Waals surface area (Å²) in [6.07, 6.45) is 0.453. The maximum absolute atomic E-state index is 13.8. The highest BCUT2D eigenvalue weighted by Gasteiger charge is 2.38. The van der Waals surface area contributed by atoms with E-state index in [2.05, 4.69) is 14.9 Å². The Hall–Kier alpha value is -4.05. The van der Waals surface area contributed by atoms with Gasteiger partial charge in [0.15, 0.2) is 0 Å². The van der Waals surface area contributed by atoms with Gasteiger partial charge in [-0.15, -0.1) is 0 Å². The number of nitrogens with zero attached hydrogens (tertiary/aromatic N) is 1. The van der Waals surface area contributed by atoms with Crippen molar-refractivity contribution >= 4 is 38.4 Å². The molecule has 212 valence electrons. The van der Waals surface area contributed by atoms with Crippen molar-refractivity contribution in [2.75, 3.05) is 25.5 Å². The SMILES string of the molecule is COC(=O)[C@H]1CN(Cc2ccccc2)CC[C@@H]1NS(=O)(=O)c1ccc(NC(=O)c2ccccc2C)c2ccccc12. The minimum Gasteiger partial charge on any atom is -0.469 e. The summed E-state index contributed by atoms with van der Waals surface area (Å²) in [6, 6.07) is 26.8. The third kappa shape index (κ3) is 6.32. The van der Waals surface area contributed by atoms with Gasteiger partial charge < -0.3 is 10.1 Å². The fourth-order valence-electron chi connectivity index (χ4n) is 5.43. The summed E-state index contributed by atoms with van der Waals surface area (Å²) in [5.41, 5.74) is 3.01. The van der Waals surface area contributed by atoms with Crippen LogP contribution in [0.4, 0.5) is 5.69 Å². The van der Waals surface area contributed by atoms with Crippen LogP contribution in [-0.2, 0) is 26.1 Å². The summed E-state index contributed by atoms with van der Waals surface area (Å²) in [5, 5.41) is 4.00. The number of likely N-dealkylation sites (tertiary alicyclic amines) is 1. The van der Waals surface area contributed by atoms with E-state index in [1.165, 1.54) is 13.2 Å². The number of ether oxygens (including phenoxy) is 1. The Morgan fingerprint density at radius 3 is 2.32 bits per heavy atom. The summed E-state index contributed by atoms with van der Waals surface area (Å²) in [4.78, 5) is 28.0. The number of benzene rings is 4. The number of rotatable bonds is 8. The Balaban J connectivity index is 1.39. The molecule has 2 N–H and O–H groups in total. The molecule has 8 nitrogen and oxygen atoms in total. The molecule has 0 radical (unpaired) electrons. The van der Waals surface area contributed by atoms with E-state index in [0.717, 1.165) is 11.1 Å². The summed E-state index contributed by atoms with van der Waals surface area (Å²) in [6.45, 7) is 3.52. The van der Waals surface area contributed by atoms with Crippen LogP contribution in [-0.4, -0.2) is 51.4 Å². The molecule has 5 rings (SSSR count). The summed E-state index contributed by atoms with van der Waals surface area (Å²) in [5.74, 6) is -1.38. The van der Waals surface area contributed by atoms with E-state index in [9.17, 15) is 18.0 Å². The Bertz CT molecular complexity index is 1670. The second kappa shape index (κ2) is 12.2. The van der Waals surface area contributed by atoms with Crippen LogP contribution in [0, 0.1) is 12.8 Å². The molecule has 0 unspecified atom stereocenters. The quantitative estimate of drug-likeness (QED) is 0.296. The first-order valence-corrected chi connectivity index (χ1v) is 15.0. The maximum Gasteiger partial charge on any atom is 0.311 e. The minimum absolute atomic E-state index is 0.0809. The average molecular weight is 572 g/mol. The topological polar surface area (TPSA) is 105 Å². The molecule has 1 saturated heterocycles. The molecule has 9 heteroatoms. The molecule has 2 atom stereocenters. The number of carbonyl (C=O) groups excluding carboxylic acids is 2. The molecule has 0 bridgehead atoms.